The van der Waals surface area contributed by atoms with Crippen LogP contribution in [0.15, 0.2) is 22.6 Å². The van der Waals surface area contributed by atoms with Crippen molar-refractivity contribution < 1.29 is 8.42 Å². The normalized spacial score (nSPS) is 17.4. The summed E-state index contributed by atoms with van der Waals surface area (Å²) < 4.78 is 23.8. The summed E-state index contributed by atoms with van der Waals surface area (Å²) in [4.78, 5) is 19.9. The molecule has 2 aromatic heterocycles. The SMILES string of the molecule is C=CCn1c(SCCCS(N)(=O)=O)nc2sc3c(c2c1=O)CCC(C)C3. The number of hydrogen-bond donors (Lipinski definition) is 1. The van der Waals surface area contributed by atoms with E-state index in [2.05, 4.69) is 13.5 Å². The van der Waals surface area contributed by atoms with Crippen molar-refractivity contribution in [2.75, 3.05) is 11.5 Å². The van der Waals surface area contributed by atoms with Crippen LogP contribution in [0, 0.1) is 5.92 Å². The lowest BCUT2D eigenvalue weighted by Gasteiger charge is -2.17. The fourth-order valence-corrected chi connectivity index (χ4v) is 6.33. The standard InChI is InChI=1S/C17H23N3O3S3/c1-3-7-20-16(21)14-12-6-5-11(2)10-13(12)25-15(14)19-17(20)24-8-4-9-26(18,22)23/h3,11H,1,4-10H2,2H3,(H2,18,22,23). The van der Waals surface area contributed by atoms with Gasteiger partial charge in [0.25, 0.3) is 5.56 Å². The Labute approximate surface area is 161 Å². The predicted octanol–water partition coefficient (Wildman–Crippen LogP) is 2.54. The average Bonchev–Trinajstić information content (AvgIpc) is 2.91. The molecule has 9 heteroatoms. The van der Waals surface area contributed by atoms with Crippen molar-refractivity contribution in [2.24, 2.45) is 11.1 Å². The molecule has 2 heterocycles. The van der Waals surface area contributed by atoms with Crippen molar-refractivity contribution in [1.29, 1.82) is 0 Å². The number of aromatic nitrogens is 2. The van der Waals surface area contributed by atoms with Gasteiger partial charge in [0.05, 0.1) is 11.1 Å². The minimum absolute atomic E-state index is 0.0177. The molecule has 0 saturated heterocycles. The van der Waals surface area contributed by atoms with Gasteiger partial charge in [-0.15, -0.1) is 17.9 Å². The van der Waals surface area contributed by atoms with E-state index in [4.69, 9.17) is 10.1 Å². The highest BCUT2D eigenvalue weighted by molar-refractivity contribution is 7.99. The van der Waals surface area contributed by atoms with Gasteiger partial charge in [0.2, 0.25) is 10.0 Å². The number of nitrogens with two attached hydrogens (primary N) is 1. The molecule has 1 atom stereocenters. The molecule has 0 aromatic carbocycles. The molecule has 3 rings (SSSR count). The molecular weight excluding hydrogens is 390 g/mol. The van der Waals surface area contributed by atoms with E-state index >= 15 is 0 Å². The van der Waals surface area contributed by atoms with Crippen LogP contribution in [-0.4, -0.2) is 29.5 Å². The molecule has 1 unspecified atom stereocenters. The molecule has 26 heavy (non-hydrogen) atoms. The number of sulfonamides is 1. The summed E-state index contributed by atoms with van der Waals surface area (Å²) in [5, 5.41) is 6.41. The average molecular weight is 414 g/mol. The number of nitrogens with zero attached hydrogens (tertiary/aromatic N) is 2. The molecule has 0 radical (unpaired) electrons. The van der Waals surface area contributed by atoms with Gasteiger partial charge in [-0.3, -0.25) is 9.36 Å². The summed E-state index contributed by atoms with van der Waals surface area (Å²) in [6, 6.07) is 0. The van der Waals surface area contributed by atoms with Crippen LogP contribution in [0.5, 0.6) is 0 Å². The van der Waals surface area contributed by atoms with Gasteiger partial charge in [-0.05, 0) is 37.2 Å². The maximum absolute atomic E-state index is 13.1. The van der Waals surface area contributed by atoms with Gasteiger partial charge in [-0.2, -0.15) is 0 Å². The summed E-state index contributed by atoms with van der Waals surface area (Å²) in [7, 11) is -3.47. The zero-order chi connectivity index (χ0) is 18.9. The number of rotatable bonds is 7. The van der Waals surface area contributed by atoms with Crippen LogP contribution < -0.4 is 10.7 Å². The van der Waals surface area contributed by atoms with E-state index < -0.39 is 10.0 Å². The summed E-state index contributed by atoms with van der Waals surface area (Å²) in [5.41, 5.74) is 1.15. The van der Waals surface area contributed by atoms with Gasteiger partial charge in [0.1, 0.15) is 4.83 Å². The van der Waals surface area contributed by atoms with Gasteiger partial charge < -0.3 is 0 Å². The number of aryl methyl sites for hydroxylation is 1. The van der Waals surface area contributed by atoms with E-state index in [-0.39, 0.29) is 11.3 Å². The largest absolute Gasteiger partial charge is 0.283 e. The molecule has 6 nitrogen and oxygen atoms in total. The van der Waals surface area contributed by atoms with Gasteiger partial charge in [0.15, 0.2) is 5.16 Å². The molecule has 2 aromatic rings. The van der Waals surface area contributed by atoms with Crippen molar-refractivity contribution in [2.45, 2.75) is 44.3 Å². The fraction of sp³-hybridized carbons (Fsp3) is 0.529. The third kappa shape index (κ3) is 4.21. The van der Waals surface area contributed by atoms with Crippen LogP contribution in [0.1, 0.15) is 30.2 Å². The molecule has 0 aliphatic heterocycles. The number of hydrogen-bond acceptors (Lipinski definition) is 6. The summed E-state index contributed by atoms with van der Waals surface area (Å²) in [6.45, 7) is 6.37. The second kappa shape index (κ2) is 7.84. The smallest absolute Gasteiger partial charge is 0.263 e. The number of allylic oxidation sites excluding steroid dienone is 1. The molecule has 2 N–H and O–H groups in total. The summed E-state index contributed by atoms with van der Waals surface area (Å²) in [5.74, 6) is 1.10. The molecule has 0 saturated carbocycles. The first-order valence-electron chi connectivity index (χ1n) is 8.59. The molecule has 0 amide bonds. The van der Waals surface area contributed by atoms with Crippen molar-refractivity contribution in [3.8, 4) is 0 Å². The van der Waals surface area contributed by atoms with Crippen LogP contribution in [0.25, 0.3) is 10.2 Å². The Morgan fingerprint density at radius 1 is 1.50 bits per heavy atom. The fourth-order valence-electron chi connectivity index (χ4n) is 3.23. The highest BCUT2D eigenvalue weighted by atomic mass is 32.2. The zero-order valence-corrected chi connectivity index (χ0v) is 17.2. The van der Waals surface area contributed by atoms with Crippen LogP contribution in [-0.2, 0) is 29.4 Å². The van der Waals surface area contributed by atoms with Crippen molar-refractivity contribution in [1.82, 2.24) is 9.55 Å². The van der Waals surface area contributed by atoms with E-state index in [0.29, 0.717) is 29.8 Å². The van der Waals surface area contributed by atoms with E-state index in [1.165, 1.54) is 22.2 Å². The van der Waals surface area contributed by atoms with E-state index in [1.807, 2.05) is 0 Å². The van der Waals surface area contributed by atoms with Crippen LogP contribution in [0.2, 0.25) is 0 Å². The molecule has 0 spiro atoms. The molecular formula is C17H23N3O3S3. The minimum Gasteiger partial charge on any atom is -0.283 e. The lowest BCUT2D eigenvalue weighted by molar-refractivity contribution is 0.509. The first kappa shape index (κ1) is 19.6. The second-order valence-corrected chi connectivity index (χ2v) is 10.6. The molecule has 1 aliphatic carbocycles. The van der Waals surface area contributed by atoms with Crippen LogP contribution in [0.4, 0.5) is 0 Å². The minimum atomic E-state index is -3.47. The highest BCUT2D eigenvalue weighted by Gasteiger charge is 2.24. The Morgan fingerprint density at radius 3 is 2.96 bits per heavy atom. The quantitative estimate of drug-likeness (QED) is 0.326. The molecule has 0 bridgehead atoms. The Balaban J connectivity index is 1.96. The summed E-state index contributed by atoms with van der Waals surface area (Å²) in [6.07, 6.45) is 5.15. The Bertz CT molecular complexity index is 992. The molecule has 0 fully saturated rings. The Hall–Kier alpha value is -1.16. The summed E-state index contributed by atoms with van der Waals surface area (Å²) >= 11 is 3.02. The molecule has 142 valence electrons. The Kier molecular flexibility index (Phi) is 5.91. The van der Waals surface area contributed by atoms with Gasteiger partial charge in [0, 0.05) is 17.2 Å². The van der Waals surface area contributed by atoms with Gasteiger partial charge in [-0.1, -0.05) is 24.8 Å². The zero-order valence-electron chi connectivity index (χ0n) is 14.7. The van der Waals surface area contributed by atoms with Crippen molar-refractivity contribution in [3.63, 3.8) is 0 Å². The lowest BCUT2D eigenvalue weighted by Crippen LogP contribution is -2.23. The van der Waals surface area contributed by atoms with Gasteiger partial charge >= 0.3 is 0 Å². The number of thiophene rings is 1. The van der Waals surface area contributed by atoms with E-state index in [9.17, 15) is 13.2 Å². The monoisotopic (exact) mass is 413 g/mol. The van der Waals surface area contributed by atoms with E-state index in [0.717, 1.165) is 29.5 Å². The highest BCUT2D eigenvalue weighted by Crippen LogP contribution is 2.36. The van der Waals surface area contributed by atoms with Crippen molar-refractivity contribution in [3.05, 3.63) is 33.4 Å². The maximum Gasteiger partial charge on any atom is 0.263 e. The van der Waals surface area contributed by atoms with Crippen LogP contribution in [0.3, 0.4) is 0 Å². The first-order chi connectivity index (χ1) is 12.3. The predicted molar refractivity (Wildman–Crippen MR) is 109 cm³/mol. The number of fused-ring (bicyclic) bond motifs is 3. The topological polar surface area (TPSA) is 95.1 Å². The van der Waals surface area contributed by atoms with Gasteiger partial charge in [-0.25, -0.2) is 18.5 Å². The van der Waals surface area contributed by atoms with E-state index in [1.54, 1.807) is 22.0 Å². The van der Waals surface area contributed by atoms with Crippen LogP contribution >= 0.6 is 23.1 Å². The lowest BCUT2D eigenvalue weighted by atomic mass is 9.89. The first-order valence-corrected chi connectivity index (χ1v) is 12.1. The van der Waals surface area contributed by atoms with Crippen molar-refractivity contribution >= 4 is 43.3 Å². The maximum atomic E-state index is 13.1. The Morgan fingerprint density at radius 2 is 2.27 bits per heavy atom. The number of primary sulfonamides is 1. The third-order valence-electron chi connectivity index (χ3n) is 4.50. The third-order valence-corrected chi connectivity index (χ3v) is 7.56. The second-order valence-electron chi connectivity index (χ2n) is 6.70. The number of thioether (sulfide) groups is 1. The molecule has 1 aliphatic rings.